The van der Waals surface area contributed by atoms with Crippen LogP contribution in [0.15, 0.2) is 18.2 Å². The van der Waals surface area contributed by atoms with Crippen LogP contribution in [0.4, 0.5) is 5.69 Å². The quantitative estimate of drug-likeness (QED) is 0.801. The predicted octanol–water partition coefficient (Wildman–Crippen LogP) is 3.36. The number of carbonyl (C=O) groups is 2. The highest BCUT2D eigenvalue weighted by molar-refractivity contribution is 8.00. The van der Waals surface area contributed by atoms with E-state index >= 15 is 0 Å². The van der Waals surface area contributed by atoms with E-state index in [0.717, 1.165) is 18.5 Å². The van der Waals surface area contributed by atoms with Crippen molar-refractivity contribution in [1.82, 2.24) is 4.90 Å². The lowest BCUT2D eigenvalue weighted by atomic mass is 10.1. The Kier molecular flexibility index (Phi) is 6.10. The van der Waals surface area contributed by atoms with Crippen molar-refractivity contribution in [2.24, 2.45) is 0 Å². The molecule has 2 amide bonds. The van der Waals surface area contributed by atoms with Crippen LogP contribution in [0.2, 0.25) is 0 Å². The molecule has 0 aliphatic carbocycles. The van der Waals surface area contributed by atoms with Crippen LogP contribution in [0.3, 0.4) is 0 Å². The van der Waals surface area contributed by atoms with Crippen molar-refractivity contribution in [1.29, 1.82) is 0 Å². The molecule has 0 saturated carbocycles. The molecule has 0 spiro atoms. The Labute approximate surface area is 143 Å². The van der Waals surface area contributed by atoms with Gasteiger partial charge in [0.2, 0.25) is 11.8 Å². The summed E-state index contributed by atoms with van der Waals surface area (Å²) in [5, 5.41) is 0. The van der Waals surface area contributed by atoms with Gasteiger partial charge < -0.3 is 9.80 Å². The highest BCUT2D eigenvalue weighted by atomic mass is 32.2. The van der Waals surface area contributed by atoms with E-state index in [-0.39, 0.29) is 24.4 Å². The first-order valence-corrected chi connectivity index (χ1v) is 9.38. The van der Waals surface area contributed by atoms with Crippen molar-refractivity contribution in [2.45, 2.75) is 46.6 Å². The van der Waals surface area contributed by atoms with Gasteiger partial charge in [0, 0.05) is 11.7 Å². The number of rotatable bonds is 6. The summed E-state index contributed by atoms with van der Waals surface area (Å²) in [5.74, 6) is 1.18. The topological polar surface area (TPSA) is 40.6 Å². The molecule has 23 heavy (non-hydrogen) atoms. The molecule has 5 heteroatoms. The average Bonchev–Trinajstić information content (AvgIpc) is 2.92. The normalized spacial score (nSPS) is 14.7. The number of carbonyl (C=O) groups excluding carboxylic acids is 2. The fourth-order valence-electron chi connectivity index (χ4n) is 2.87. The fraction of sp³-hybridized carbons (Fsp3) is 0.556. The van der Waals surface area contributed by atoms with Gasteiger partial charge in [-0.1, -0.05) is 19.9 Å². The minimum atomic E-state index is 0.0119. The SMILES string of the molecule is CCC(CC)N(C(=O)CN1CSCC1=O)c1ccc(C)c(C)c1. The Hall–Kier alpha value is -1.49. The Bertz CT molecular complexity index is 584. The maximum Gasteiger partial charge on any atom is 0.246 e. The van der Waals surface area contributed by atoms with Crippen LogP contribution in [0.5, 0.6) is 0 Å². The Morgan fingerprint density at radius 1 is 1.26 bits per heavy atom. The second-order valence-electron chi connectivity index (χ2n) is 6.07. The van der Waals surface area contributed by atoms with Gasteiger partial charge in [-0.15, -0.1) is 11.8 Å². The Morgan fingerprint density at radius 2 is 1.96 bits per heavy atom. The van der Waals surface area contributed by atoms with Gasteiger partial charge >= 0.3 is 0 Å². The number of anilines is 1. The molecule has 1 aromatic rings. The summed E-state index contributed by atoms with van der Waals surface area (Å²) in [6.45, 7) is 8.52. The van der Waals surface area contributed by atoms with Crippen molar-refractivity contribution in [2.75, 3.05) is 23.1 Å². The van der Waals surface area contributed by atoms with E-state index in [2.05, 4.69) is 39.8 Å². The molecular formula is C18H26N2O2S. The monoisotopic (exact) mass is 334 g/mol. The summed E-state index contributed by atoms with van der Waals surface area (Å²) in [7, 11) is 0. The standard InChI is InChI=1S/C18H26N2O2S/c1-5-15(6-2)20(16-8-7-13(3)14(4)9-16)17(21)10-19-12-23-11-18(19)22/h7-9,15H,5-6,10-12H2,1-4H3. The minimum Gasteiger partial charge on any atom is -0.323 e. The maximum absolute atomic E-state index is 12.9. The number of aryl methyl sites for hydroxylation is 2. The lowest BCUT2D eigenvalue weighted by Crippen LogP contribution is -2.46. The molecule has 0 atom stereocenters. The van der Waals surface area contributed by atoms with Crippen molar-refractivity contribution in [3.8, 4) is 0 Å². The first-order chi connectivity index (χ1) is 11.0. The van der Waals surface area contributed by atoms with Crippen molar-refractivity contribution < 1.29 is 9.59 Å². The van der Waals surface area contributed by atoms with Gasteiger partial charge in [0.1, 0.15) is 6.54 Å². The number of amides is 2. The molecular weight excluding hydrogens is 308 g/mol. The lowest BCUT2D eigenvalue weighted by molar-refractivity contribution is -0.131. The van der Waals surface area contributed by atoms with Gasteiger partial charge in [0.25, 0.3) is 0 Å². The Morgan fingerprint density at radius 3 is 2.48 bits per heavy atom. The second-order valence-corrected chi connectivity index (χ2v) is 7.03. The third-order valence-electron chi connectivity index (χ3n) is 4.50. The van der Waals surface area contributed by atoms with E-state index < -0.39 is 0 Å². The van der Waals surface area contributed by atoms with Crippen LogP contribution in [0.25, 0.3) is 0 Å². The van der Waals surface area contributed by atoms with Gasteiger partial charge in [-0.2, -0.15) is 0 Å². The van der Waals surface area contributed by atoms with E-state index in [1.165, 1.54) is 11.1 Å². The molecule has 0 bridgehead atoms. The van der Waals surface area contributed by atoms with E-state index in [0.29, 0.717) is 11.6 Å². The smallest absolute Gasteiger partial charge is 0.246 e. The van der Waals surface area contributed by atoms with Crippen LogP contribution < -0.4 is 4.90 Å². The largest absolute Gasteiger partial charge is 0.323 e. The highest BCUT2D eigenvalue weighted by Gasteiger charge is 2.28. The number of nitrogens with zero attached hydrogens (tertiary/aromatic N) is 2. The zero-order valence-corrected chi connectivity index (χ0v) is 15.3. The molecule has 126 valence electrons. The van der Waals surface area contributed by atoms with Crippen LogP contribution in [-0.2, 0) is 9.59 Å². The second kappa shape index (κ2) is 7.86. The highest BCUT2D eigenvalue weighted by Crippen LogP contribution is 2.25. The molecule has 2 rings (SSSR count). The summed E-state index contributed by atoms with van der Waals surface area (Å²) < 4.78 is 0. The molecule has 0 N–H and O–H groups in total. The van der Waals surface area contributed by atoms with Crippen LogP contribution in [0.1, 0.15) is 37.8 Å². The molecule has 1 heterocycles. The van der Waals surface area contributed by atoms with E-state index in [1.807, 2.05) is 11.0 Å². The predicted molar refractivity (Wildman–Crippen MR) is 96.8 cm³/mol. The van der Waals surface area contributed by atoms with Gasteiger partial charge in [-0.3, -0.25) is 9.59 Å². The number of hydrogen-bond donors (Lipinski definition) is 0. The molecule has 0 aromatic heterocycles. The summed E-state index contributed by atoms with van der Waals surface area (Å²) >= 11 is 1.57. The maximum atomic E-state index is 12.9. The van der Waals surface area contributed by atoms with Crippen molar-refractivity contribution in [3.63, 3.8) is 0 Å². The first kappa shape index (κ1) is 17.9. The molecule has 0 radical (unpaired) electrons. The summed E-state index contributed by atoms with van der Waals surface area (Å²) in [6.07, 6.45) is 1.80. The van der Waals surface area contributed by atoms with E-state index in [4.69, 9.17) is 0 Å². The molecule has 1 fully saturated rings. The van der Waals surface area contributed by atoms with Gasteiger partial charge in [-0.25, -0.2) is 0 Å². The third kappa shape index (κ3) is 4.08. The van der Waals surface area contributed by atoms with Crippen LogP contribution in [0, 0.1) is 13.8 Å². The fourth-order valence-corrected chi connectivity index (χ4v) is 3.77. The van der Waals surface area contributed by atoms with E-state index in [9.17, 15) is 9.59 Å². The summed E-state index contributed by atoms with van der Waals surface area (Å²) in [4.78, 5) is 28.3. The zero-order valence-electron chi connectivity index (χ0n) is 14.5. The zero-order chi connectivity index (χ0) is 17.0. The Balaban J connectivity index is 2.27. The van der Waals surface area contributed by atoms with Crippen molar-refractivity contribution >= 4 is 29.3 Å². The summed E-state index contributed by atoms with van der Waals surface area (Å²) in [5.41, 5.74) is 3.34. The molecule has 1 saturated heterocycles. The lowest BCUT2D eigenvalue weighted by Gasteiger charge is -2.32. The van der Waals surface area contributed by atoms with Crippen LogP contribution in [-0.4, -0.2) is 40.9 Å². The van der Waals surface area contributed by atoms with Crippen molar-refractivity contribution in [3.05, 3.63) is 29.3 Å². The molecule has 0 unspecified atom stereocenters. The molecule has 1 aliphatic rings. The van der Waals surface area contributed by atoms with Gasteiger partial charge in [0.05, 0.1) is 11.6 Å². The third-order valence-corrected chi connectivity index (χ3v) is 5.44. The molecule has 1 aliphatic heterocycles. The van der Waals surface area contributed by atoms with Crippen LogP contribution >= 0.6 is 11.8 Å². The number of hydrogen-bond acceptors (Lipinski definition) is 3. The average molecular weight is 334 g/mol. The number of benzene rings is 1. The van der Waals surface area contributed by atoms with Gasteiger partial charge in [0.15, 0.2) is 0 Å². The number of thioether (sulfide) groups is 1. The van der Waals surface area contributed by atoms with E-state index in [1.54, 1.807) is 16.7 Å². The minimum absolute atomic E-state index is 0.0119. The van der Waals surface area contributed by atoms with Gasteiger partial charge in [-0.05, 0) is 49.9 Å². The first-order valence-electron chi connectivity index (χ1n) is 8.22. The molecule has 4 nitrogen and oxygen atoms in total. The molecule has 1 aromatic carbocycles. The summed E-state index contributed by atoms with van der Waals surface area (Å²) in [6, 6.07) is 6.31.